The van der Waals surface area contributed by atoms with E-state index in [2.05, 4.69) is 19.1 Å². The Balaban J connectivity index is 1.63. The molecular formula is C32H26O2. The normalized spacial score (nSPS) is 12.7. The van der Waals surface area contributed by atoms with Crippen molar-refractivity contribution in [3.05, 3.63) is 125 Å². The van der Waals surface area contributed by atoms with Crippen molar-refractivity contribution in [2.75, 3.05) is 0 Å². The number of rotatable bonds is 6. The lowest BCUT2D eigenvalue weighted by atomic mass is 9.90. The van der Waals surface area contributed by atoms with Crippen LogP contribution in [0.3, 0.4) is 0 Å². The van der Waals surface area contributed by atoms with Crippen LogP contribution >= 0.6 is 0 Å². The quantitative estimate of drug-likeness (QED) is 0.225. The fourth-order valence-corrected chi connectivity index (χ4v) is 4.62. The van der Waals surface area contributed by atoms with E-state index >= 15 is 0 Å². The van der Waals surface area contributed by atoms with E-state index < -0.39 is 0 Å². The first-order valence-electron chi connectivity index (χ1n) is 11.8. The molecule has 0 bridgehead atoms. The van der Waals surface area contributed by atoms with Gasteiger partial charge in [0.15, 0.2) is 11.6 Å². The van der Waals surface area contributed by atoms with Gasteiger partial charge < -0.3 is 0 Å². The summed E-state index contributed by atoms with van der Waals surface area (Å²) in [5, 5.41) is 0. The summed E-state index contributed by atoms with van der Waals surface area (Å²) in [5.74, 6) is -0.404. The first kappa shape index (κ1) is 21.8. The Bertz CT molecular complexity index is 1300. The fourth-order valence-electron chi connectivity index (χ4n) is 4.62. The van der Waals surface area contributed by atoms with E-state index in [4.69, 9.17) is 0 Å². The van der Waals surface area contributed by atoms with Crippen LogP contribution in [-0.4, -0.2) is 11.6 Å². The van der Waals surface area contributed by atoms with Crippen LogP contribution in [0, 0.1) is 0 Å². The van der Waals surface area contributed by atoms with Gasteiger partial charge in [0.2, 0.25) is 0 Å². The lowest BCUT2D eigenvalue weighted by Gasteiger charge is -2.12. The molecule has 166 valence electrons. The van der Waals surface area contributed by atoms with Gasteiger partial charge in [-0.15, -0.1) is 0 Å². The van der Waals surface area contributed by atoms with Crippen LogP contribution in [0.1, 0.15) is 51.6 Å². The van der Waals surface area contributed by atoms with Gasteiger partial charge in [-0.25, -0.2) is 0 Å². The van der Waals surface area contributed by atoms with Crippen LogP contribution in [0.25, 0.3) is 28.3 Å². The van der Waals surface area contributed by atoms with Crippen molar-refractivity contribution >= 4 is 17.6 Å². The summed E-state index contributed by atoms with van der Waals surface area (Å²) < 4.78 is 0. The van der Waals surface area contributed by atoms with Crippen molar-refractivity contribution in [1.29, 1.82) is 0 Å². The lowest BCUT2D eigenvalue weighted by molar-refractivity contribution is 0.0991. The minimum Gasteiger partial charge on any atom is -0.288 e. The number of aryl methyl sites for hydroxylation is 1. The third-order valence-corrected chi connectivity index (χ3v) is 6.43. The summed E-state index contributed by atoms with van der Waals surface area (Å²) in [6, 6.07) is 31.7. The molecule has 2 heteroatoms. The van der Waals surface area contributed by atoms with Crippen molar-refractivity contribution in [2.45, 2.75) is 26.2 Å². The zero-order chi connectivity index (χ0) is 23.5. The number of allylic oxidation sites excluding steroid dienone is 1. The van der Waals surface area contributed by atoms with Crippen LogP contribution in [0.5, 0.6) is 0 Å². The molecule has 0 radical (unpaired) electrons. The van der Waals surface area contributed by atoms with Crippen LogP contribution in [0.4, 0.5) is 0 Å². The Morgan fingerprint density at radius 1 is 0.618 bits per heavy atom. The van der Waals surface area contributed by atoms with Gasteiger partial charge in [0.1, 0.15) is 0 Å². The minimum absolute atomic E-state index is 0.202. The van der Waals surface area contributed by atoms with Crippen molar-refractivity contribution in [3.8, 4) is 22.3 Å². The van der Waals surface area contributed by atoms with Crippen LogP contribution in [-0.2, 0) is 6.42 Å². The second-order valence-electron chi connectivity index (χ2n) is 8.70. The smallest absolute Gasteiger partial charge is 0.198 e. The molecule has 34 heavy (non-hydrogen) atoms. The molecule has 0 unspecified atom stereocenters. The second kappa shape index (κ2) is 9.44. The molecule has 4 aromatic carbocycles. The summed E-state index contributed by atoms with van der Waals surface area (Å²) >= 11 is 0. The van der Waals surface area contributed by atoms with Gasteiger partial charge in [-0.3, -0.25) is 9.59 Å². The van der Waals surface area contributed by atoms with E-state index in [1.807, 2.05) is 84.9 Å². The molecule has 0 saturated heterocycles. The highest BCUT2D eigenvalue weighted by Crippen LogP contribution is 2.41. The zero-order valence-electron chi connectivity index (χ0n) is 19.3. The van der Waals surface area contributed by atoms with Gasteiger partial charge in [-0.1, -0.05) is 110 Å². The lowest BCUT2D eigenvalue weighted by Crippen LogP contribution is -2.01. The maximum absolute atomic E-state index is 13.7. The molecule has 0 saturated carbocycles. The zero-order valence-corrected chi connectivity index (χ0v) is 19.3. The predicted octanol–water partition coefficient (Wildman–Crippen LogP) is 7.83. The highest BCUT2D eigenvalue weighted by molar-refractivity contribution is 6.44. The molecule has 0 fully saturated rings. The third kappa shape index (κ3) is 4.04. The number of ketones is 2. The van der Waals surface area contributed by atoms with Crippen molar-refractivity contribution in [1.82, 2.24) is 0 Å². The first-order valence-corrected chi connectivity index (χ1v) is 11.8. The van der Waals surface area contributed by atoms with Crippen molar-refractivity contribution in [3.63, 3.8) is 0 Å². The summed E-state index contributed by atoms with van der Waals surface area (Å²) in [4.78, 5) is 27.4. The van der Waals surface area contributed by atoms with Crippen LogP contribution in [0.2, 0.25) is 0 Å². The van der Waals surface area contributed by atoms with Crippen molar-refractivity contribution < 1.29 is 9.59 Å². The Morgan fingerprint density at radius 3 is 1.59 bits per heavy atom. The molecule has 0 spiro atoms. The summed E-state index contributed by atoms with van der Waals surface area (Å²) in [5.41, 5.74) is 6.84. The molecule has 0 aliphatic heterocycles. The Labute approximate surface area is 200 Å². The fraction of sp³-hybridized carbons (Fsp3) is 0.125. The van der Waals surface area contributed by atoms with E-state index in [9.17, 15) is 9.59 Å². The number of carbonyl (C=O) groups is 2. The van der Waals surface area contributed by atoms with Gasteiger partial charge in [-0.05, 0) is 52.3 Å². The highest BCUT2D eigenvalue weighted by Gasteiger charge is 2.37. The van der Waals surface area contributed by atoms with Gasteiger partial charge >= 0.3 is 0 Å². The summed E-state index contributed by atoms with van der Waals surface area (Å²) in [7, 11) is 0. The van der Waals surface area contributed by atoms with E-state index in [1.165, 1.54) is 5.56 Å². The average molecular weight is 443 g/mol. The number of unbranched alkanes of at least 4 members (excludes halogenated alkanes) is 1. The molecule has 4 aromatic rings. The molecule has 0 N–H and O–H groups in total. The third-order valence-electron chi connectivity index (χ3n) is 6.43. The molecule has 0 atom stereocenters. The number of hydrogen-bond acceptors (Lipinski definition) is 2. The Kier molecular flexibility index (Phi) is 6.05. The number of carbonyl (C=O) groups excluding carboxylic acids is 2. The van der Waals surface area contributed by atoms with Crippen LogP contribution in [0.15, 0.2) is 103 Å². The molecule has 0 amide bonds. The van der Waals surface area contributed by atoms with Gasteiger partial charge in [0.25, 0.3) is 0 Å². The first-order chi connectivity index (χ1) is 16.7. The molecule has 2 nitrogen and oxygen atoms in total. The van der Waals surface area contributed by atoms with Gasteiger partial charge in [0, 0.05) is 11.1 Å². The SMILES string of the molecule is CCCCc1ccc(C=C2C(=O)c3c(-c4ccccc4)ccc(-c4ccccc4)c3C2=O)cc1. The minimum atomic E-state index is -0.202. The molecule has 0 aromatic heterocycles. The topological polar surface area (TPSA) is 34.1 Å². The summed E-state index contributed by atoms with van der Waals surface area (Å²) in [6.45, 7) is 2.18. The molecule has 1 aliphatic carbocycles. The van der Waals surface area contributed by atoms with E-state index in [-0.39, 0.29) is 17.1 Å². The maximum atomic E-state index is 13.7. The number of Topliss-reactive ketones (excluding diaryl/α,β-unsaturated/α-hetero) is 2. The number of hydrogen-bond donors (Lipinski definition) is 0. The van der Waals surface area contributed by atoms with E-state index in [1.54, 1.807) is 6.08 Å². The molecule has 1 aliphatic rings. The molecule has 5 rings (SSSR count). The maximum Gasteiger partial charge on any atom is 0.198 e. The largest absolute Gasteiger partial charge is 0.288 e. The van der Waals surface area contributed by atoms with Gasteiger partial charge in [-0.2, -0.15) is 0 Å². The highest BCUT2D eigenvalue weighted by atomic mass is 16.2. The van der Waals surface area contributed by atoms with E-state index in [0.29, 0.717) is 11.1 Å². The number of fused-ring (bicyclic) bond motifs is 1. The average Bonchev–Trinajstić information content (AvgIpc) is 3.14. The molecule has 0 heterocycles. The Hall–Kier alpha value is -4.04. The standard InChI is InChI=1S/C32H26O2/c1-2-3-10-22-15-17-23(18-16-22)21-28-31(33)29-26(24-11-6-4-7-12-24)19-20-27(30(29)32(28)34)25-13-8-5-9-14-25/h4-9,11-21H,2-3,10H2,1H3. The predicted molar refractivity (Wildman–Crippen MR) is 139 cm³/mol. The van der Waals surface area contributed by atoms with Gasteiger partial charge in [0.05, 0.1) is 5.57 Å². The summed E-state index contributed by atoms with van der Waals surface area (Å²) in [6.07, 6.45) is 5.09. The van der Waals surface area contributed by atoms with Crippen LogP contribution < -0.4 is 0 Å². The van der Waals surface area contributed by atoms with Crippen molar-refractivity contribution in [2.24, 2.45) is 0 Å². The number of benzene rings is 4. The second-order valence-corrected chi connectivity index (χ2v) is 8.70. The van der Waals surface area contributed by atoms with E-state index in [0.717, 1.165) is 47.1 Å². The molecular weight excluding hydrogens is 416 g/mol. The monoisotopic (exact) mass is 442 g/mol. The Morgan fingerprint density at radius 2 is 1.12 bits per heavy atom.